The van der Waals surface area contributed by atoms with Crippen molar-refractivity contribution >= 4 is 17.5 Å². The van der Waals surface area contributed by atoms with Crippen LogP contribution < -0.4 is 10.6 Å². The number of rotatable bonds is 7. The quantitative estimate of drug-likeness (QED) is 0.756. The second-order valence-electron chi connectivity index (χ2n) is 7.48. The first kappa shape index (κ1) is 21.0. The first-order valence-electron chi connectivity index (χ1n) is 10.1. The Morgan fingerprint density at radius 1 is 0.966 bits per heavy atom. The molecule has 1 fully saturated rings. The van der Waals surface area contributed by atoms with Gasteiger partial charge in [-0.25, -0.2) is 0 Å². The summed E-state index contributed by atoms with van der Waals surface area (Å²) in [7, 11) is 0. The number of morpholine rings is 1. The van der Waals surface area contributed by atoms with E-state index >= 15 is 0 Å². The van der Waals surface area contributed by atoms with Crippen LogP contribution >= 0.6 is 0 Å². The van der Waals surface area contributed by atoms with Gasteiger partial charge in [-0.3, -0.25) is 14.5 Å². The predicted molar refractivity (Wildman–Crippen MR) is 115 cm³/mol. The largest absolute Gasteiger partial charge is 0.379 e. The van der Waals surface area contributed by atoms with Crippen LogP contribution in [0.1, 0.15) is 46.0 Å². The van der Waals surface area contributed by atoms with Gasteiger partial charge in [0, 0.05) is 43.0 Å². The maximum atomic E-state index is 12.6. The molecule has 6 heteroatoms. The van der Waals surface area contributed by atoms with Crippen LogP contribution in [0.25, 0.3) is 0 Å². The minimum absolute atomic E-state index is 0.129. The molecule has 1 aliphatic heterocycles. The summed E-state index contributed by atoms with van der Waals surface area (Å²) in [5.74, 6) is 0.00257. The summed E-state index contributed by atoms with van der Waals surface area (Å²) in [6.45, 7) is 8.89. The van der Waals surface area contributed by atoms with Crippen molar-refractivity contribution in [3.63, 3.8) is 0 Å². The Bertz CT molecular complexity index is 828. The van der Waals surface area contributed by atoms with Crippen LogP contribution in [0.3, 0.4) is 0 Å². The van der Waals surface area contributed by atoms with E-state index in [1.807, 2.05) is 24.3 Å². The molecule has 6 nitrogen and oxygen atoms in total. The van der Waals surface area contributed by atoms with Crippen molar-refractivity contribution in [3.8, 4) is 0 Å². The van der Waals surface area contributed by atoms with Gasteiger partial charge in [-0.15, -0.1) is 0 Å². The van der Waals surface area contributed by atoms with Gasteiger partial charge in [0.05, 0.1) is 13.2 Å². The third kappa shape index (κ3) is 5.89. The number of para-hydroxylation sites is 1. The van der Waals surface area contributed by atoms with E-state index in [1.165, 1.54) is 0 Å². The Kier molecular flexibility index (Phi) is 7.38. The fourth-order valence-corrected chi connectivity index (χ4v) is 3.34. The highest BCUT2D eigenvalue weighted by Gasteiger charge is 2.13. The molecule has 29 heavy (non-hydrogen) atoms. The Hall–Kier alpha value is -2.70. The van der Waals surface area contributed by atoms with Crippen LogP contribution in [0.4, 0.5) is 5.69 Å². The third-order valence-corrected chi connectivity index (χ3v) is 5.06. The number of hydrogen-bond donors (Lipinski definition) is 2. The minimum Gasteiger partial charge on any atom is -0.379 e. The highest BCUT2D eigenvalue weighted by atomic mass is 16.5. The van der Waals surface area contributed by atoms with Gasteiger partial charge >= 0.3 is 0 Å². The fraction of sp³-hybridized carbons (Fsp3) is 0.391. The number of nitrogens with zero attached hydrogens (tertiary/aromatic N) is 1. The average molecular weight is 396 g/mol. The zero-order valence-electron chi connectivity index (χ0n) is 17.1. The summed E-state index contributed by atoms with van der Waals surface area (Å²) >= 11 is 0. The monoisotopic (exact) mass is 395 g/mol. The molecule has 154 valence electrons. The lowest BCUT2D eigenvalue weighted by atomic mass is 10.0. The second-order valence-corrected chi connectivity index (χ2v) is 7.48. The lowest BCUT2D eigenvalue weighted by Gasteiger charge is -2.26. The Balaban J connectivity index is 1.53. The SMILES string of the molecule is CC(C)c1ccccc1NC(=O)c1ccc(C(=O)NCCN2CCOCC2)cc1. The molecular weight excluding hydrogens is 366 g/mol. The van der Waals surface area contributed by atoms with Crippen LogP contribution in [-0.4, -0.2) is 56.1 Å². The standard InChI is InChI=1S/C23H29N3O3/c1-17(2)20-5-3-4-6-21(20)25-23(28)19-9-7-18(8-10-19)22(27)24-11-12-26-13-15-29-16-14-26/h3-10,17H,11-16H2,1-2H3,(H,24,27)(H,25,28). The van der Waals surface area contributed by atoms with E-state index in [0.29, 0.717) is 23.6 Å². The number of anilines is 1. The van der Waals surface area contributed by atoms with Gasteiger partial charge in [-0.05, 0) is 41.8 Å². The van der Waals surface area contributed by atoms with Crippen LogP contribution in [0.2, 0.25) is 0 Å². The van der Waals surface area contributed by atoms with Gasteiger partial charge in [0.25, 0.3) is 11.8 Å². The molecule has 2 amide bonds. The fourth-order valence-electron chi connectivity index (χ4n) is 3.34. The molecule has 1 aliphatic rings. The van der Waals surface area contributed by atoms with Gasteiger partial charge in [-0.2, -0.15) is 0 Å². The molecule has 0 unspecified atom stereocenters. The van der Waals surface area contributed by atoms with E-state index in [2.05, 4.69) is 29.4 Å². The molecule has 2 aromatic rings. The first-order valence-corrected chi connectivity index (χ1v) is 10.1. The number of amides is 2. The van der Waals surface area contributed by atoms with Crippen LogP contribution in [0, 0.1) is 0 Å². The molecule has 2 N–H and O–H groups in total. The molecule has 0 bridgehead atoms. The lowest BCUT2D eigenvalue weighted by Crippen LogP contribution is -2.41. The van der Waals surface area contributed by atoms with Crippen molar-refractivity contribution < 1.29 is 14.3 Å². The predicted octanol–water partition coefficient (Wildman–Crippen LogP) is 3.12. The molecule has 1 saturated heterocycles. The number of hydrogen-bond acceptors (Lipinski definition) is 4. The zero-order chi connectivity index (χ0) is 20.6. The Labute approximate surface area is 172 Å². The highest BCUT2D eigenvalue weighted by Crippen LogP contribution is 2.24. The first-order chi connectivity index (χ1) is 14.0. The lowest BCUT2D eigenvalue weighted by molar-refractivity contribution is 0.0383. The smallest absolute Gasteiger partial charge is 0.255 e. The molecule has 0 aliphatic carbocycles. The summed E-state index contributed by atoms with van der Waals surface area (Å²) in [6.07, 6.45) is 0. The topological polar surface area (TPSA) is 70.7 Å². The van der Waals surface area contributed by atoms with E-state index in [9.17, 15) is 9.59 Å². The molecule has 2 aromatic carbocycles. The van der Waals surface area contributed by atoms with Gasteiger partial charge in [0.15, 0.2) is 0 Å². The molecule has 0 radical (unpaired) electrons. The summed E-state index contributed by atoms with van der Waals surface area (Å²) < 4.78 is 5.32. The maximum Gasteiger partial charge on any atom is 0.255 e. The summed E-state index contributed by atoms with van der Waals surface area (Å²) in [5.41, 5.74) is 2.98. The van der Waals surface area contributed by atoms with Crippen LogP contribution in [0.15, 0.2) is 48.5 Å². The molecular formula is C23H29N3O3. The van der Waals surface area contributed by atoms with Crippen molar-refractivity contribution in [2.24, 2.45) is 0 Å². The zero-order valence-corrected chi connectivity index (χ0v) is 17.1. The van der Waals surface area contributed by atoms with E-state index in [-0.39, 0.29) is 11.8 Å². The number of carbonyl (C=O) groups is 2. The minimum atomic E-state index is -0.183. The van der Waals surface area contributed by atoms with Crippen molar-refractivity contribution in [1.29, 1.82) is 0 Å². The highest BCUT2D eigenvalue weighted by molar-refractivity contribution is 6.05. The summed E-state index contributed by atoms with van der Waals surface area (Å²) in [5, 5.41) is 5.90. The van der Waals surface area contributed by atoms with Crippen LogP contribution in [0.5, 0.6) is 0 Å². The Morgan fingerprint density at radius 3 is 2.24 bits per heavy atom. The van der Waals surface area contributed by atoms with Crippen molar-refractivity contribution in [1.82, 2.24) is 10.2 Å². The van der Waals surface area contributed by atoms with Gasteiger partial charge < -0.3 is 15.4 Å². The van der Waals surface area contributed by atoms with Gasteiger partial charge in [0.2, 0.25) is 0 Å². The maximum absolute atomic E-state index is 12.6. The van der Waals surface area contributed by atoms with Crippen molar-refractivity contribution in [3.05, 3.63) is 65.2 Å². The third-order valence-electron chi connectivity index (χ3n) is 5.06. The number of nitrogens with one attached hydrogen (secondary N) is 2. The van der Waals surface area contributed by atoms with E-state index < -0.39 is 0 Å². The number of carbonyl (C=O) groups excluding carboxylic acids is 2. The molecule has 1 heterocycles. The number of benzene rings is 2. The van der Waals surface area contributed by atoms with Crippen molar-refractivity contribution in [2.45, 2.75) is 19.8 Å². The number of ether oxygens (including phenoxy) is 1. The normalized spacial score (nSPS) is 14.6. The molecule has 0 atom stereocenters. The van der Waals surface area contributed by atoms with E-state index in [0.717, 1.165) is 44.1 Å². The van der Waals surface area contributed by atoms with E-state index in [1.54, 1.807) is 24.3 Å². The molecule has 0 spiro atoms. The molecule has 0 saturated carbocycles. The molecule has 0 aromatic heterocycles. The summed E-state index contributed by atoms with van der Waals surface area (Å²) in [6, 6.07) is 14.5. The van der Waals surface area contributed by atoms with Gasteiger partial charge in [0.1, 0.15) is 0 Å². The van der Waals surface area contributed by atoms with Crippen LogP contribution in [-0.2, 0) is 4.74 Å². The molecule has 3 rings (SSSR count). The van der Waals surface area contributed by atoms with E-state index in [4.69, 9.17) is 4.74 Å². The van der Waals surface area contributed by atoms with Gasteiger partial charge in [-0.1, -0.05) is 32.0 Å². The average Bonchev–Trinajstić information content (AvgIpc) is 2.74. The Morgan fingerprint density at radius 2 is 1.59 bits per heavy atom. The van der Waals surface area contributed by atoms with Crippen molar-refractivity contribution in [2.75, 3.05) is 44.7 Å². The summed E-state index contributed by atoms with van der Waals surface area (Å²) in [4.78, 5) is 27.2. The second kappa shape index (κ2) is 10.2.